The predicted molar refractivity (Wildman–Crippen MR) is 109 cm³/mol. The van der Waals surface area contributed by atoms with E-state index in [-0.39, 0.29) is 18.1 Å². The van der Waals surface area contributed by atoms with Gasteiger partial charge in [0, 0.05) is 27.3 Å². The molecule has 6 nitrogen and oxygen atoms in total. The number of rotatable bonds is 5. The number of aromatic nitrogens is 2. The molecule has 8 heteroatoms. The van der Waals surface area contributed by atoms with Crippen molar-refractivity contribution in [2.24, 2.45) is 0 Å². The highest BCUT2D eigenvalue weighted by Crippen LogP contribution is 2.28. The molecule has 0 unspecified atom stereocenters. The smallest absolute Gasteiger partial charge is 0.270 e. The Hall–Kier alpha value is -3.09. The molecule has 0 atom stereocenters. The van der Waals surface area contributed by atoms with Crippen molar-refractivity contribution in [3.63, 3.8) is 0 Å². The van der Waals surface area contributed by atoms with Crippen molar-refractivity contribution in [2.75, 3.05) is 5.32 Å². The van der Waals surface area contributed by atoms with Gasteiger partial charge in [0.15, 0.2) is 0 Å². The van der Waals surface area contributed by atoms with Gasteiger partial charge in [-0.1, -0.05) is 23.2 Å². The van der Waals surface area contributed by atoms with E-state index >= 15 is 0 Å². The second-order valence-corrected chi connectivity index (χ2v) is 6.87. The number of carbonyl (C=O) groups is 1. The molecule has 4 aromatic rings. The summed E-state index contributed by atoms with van der Waals surface area (Å²) in [6.45, 7) is 0.286. The maximum absolute atomic E-state index is 12.5. The summed E-state index contributed by atoms with van der Waals surface area (Å²) in [5.74, 6) is 0.366. The van der Waals surface area contributed by atoms with Crippen LogP contribution in [0.1, 0.15) is 16.2 Å². The zero-order chi connectivity index (χ0) is 19.5. The fraction of sp³-hybridized carbons (Fsp3) is 0.0500. The van der Waals surface area contributed by atoms with E-state index < -0.39 is 0 Å². The molecule has 3 aromatic heterocycles. The Morgan fingerprint density at radius 1 is 1.07 bits per heavy atom. The van der Waals surface area contributed by atoms with Crippen LogP contribution in [0.3, 0.4) is 0 Å². The second-order valence-electron chi connectivity index (χ2n) is 6.00. The lowest BCUT2D eigenvalue weighted by Crippen LogP contribution is -2.23. The molecule has 0 radical (unpaired) electrons. The summed E-state index contributed by atoms with van der Waals surface area (Å²) in [6.07, 6.45) is 4.88. The minimum atomic E-state index is -0.299. The molecule has 140 valence electrons. The van der Waals surface area contributed by atoms with Crippen LogP contribution in [0.4, 0.5) is 11.4 Å². The molecule has 1 aromatic carbocycles. The summed E-state index contributed by atoms with van der Waals surface area (Å²) < 4.78 is 5.22. The van der Waals surface area contributed by atoms with Crippen LogP contribution in [0.2, 0.25) is 10.0 Å². The number of hydrogen-bond donors (Lipinski definition) is 2. The average Bonchev–Trinajstić information content (AvgIpc) is 3.19. The summed E-state index contributed by atoms with van der Waals surface area (Å²) in [4.78, 5) is 21.2. The second kappa shape index (κ2) is 7.88. The van der Waals surface area contributed by atoms with E-state index in [1.54, 1.807) is 61.1 Å². The van der Waals surface area contributed by atoms with Gasteiger partial charge in [-0.15, -0.1) is 0 Å². The number of fused-ring (bicyclic) bond motifs is 1. The molecule has 28 heavy (non-hydrogen) atoms. The first kappa shape index (κ1) is 18.3. The summed E-state index contributed by atoms with van der Waals surface area (Å²) in [6, 6.07) is 12.1. The maximum atomic E-state index is 12.5. The minimum absolute atomic E-state index is 0.286. The van der Waals surface area contributed by atoms with Gasteiger partial charge >= 0.3 is 0 Å². The van der Waals surface area contributed by atoms with Gasteiger partial charge in [0.25, 0.3) is 5.91 Å². The molecular formula is C20H14Cl2N4O2. The topological polar surface area (TPSA) is 80.0 Å². The van der Waals surface area contributed by atoms with Crippen molar-refractivity contribution in [1.82, 2.24) is 15.3 Å². The molecule has 0 bridgehead atoms. The molecule has 0 saturated carbocycles. The number of amides is 1. The molecule has 0 fully saturated rings. The van der Waals surface area contributed by atoms with Gasteiger partial charge in [-0.2, -0.15) is 0 Å². The van der Waals surface area contributed by atoms with Crippen LogP contribution in [0.5, 0.6) is 0 Å². The first-order valence-electron chi connectivity index (χ1n) is 8.37. The first-order valence-corrected chi connectivity index (χ1v) is 9.12. The van der Waals surface area contributed by atoms with Crippen molar-refractivity contribution in [3.05, 3.63) is 82.6 Å². The van der Waals surface area contributed by atoms with E-state index in [4.69, 9.17) is 27.6 Å². The molecule has 0 saturated heterocycles. The monoisotopic (exact) mass is 412 g/mol. The predicted octanol–water partition coefficient (Wildman–Crippen LogP) is 5.20. The molecule has 1 amide bonds. The molecular weight excluding hydrogens is 399 g/mol. The van der Waals surface area contributed by atoms with E-state index in [1.165, 1.54) is 0 Å². The van der Waals surface area contributed by atoms with Crippen LogP contribution in [0, 0.1) is 0 Å². The number of pyridine rings is 2. The number of benzene rings is 1. The third kappa shape index (κ3) is 4.08. The summed E-state index contributed by atoms with van der Waals surface area (Å²) in [7, 11) is 0. The Morgan fingerprint density at radius 2 is 1.89 bits per heavy atom. The Balaban J connectivity index is 1.62. The number of carbonyl (C=O) groups excluding carboxylic acids is 1. The molecule has 0 spiro atoms. The van der Waals surface area contributed by atoms with Crippen LogP contribution < -0.4 is 10.6 Å². The lowest BCUT2D eigenvalue weighted by molar-refractivity contribution is 0.0943. The van der Waals surface area contributed by atoms with E-state index in [9.17, 15) is 4.79 Å². The molecule has 4 rings (SSSR count). The highest BCUT2D eigenvalue weighted by molar-refractivity contribution is 6.35. The largest absolute Gasteiger partial charge is 0.467 e. The fourth-order valence-electron chi connectivity index (χ4n) is 2.71. The zero-order valence-electron chi connectivity index (χ0n) is 14.4. The summed E-state index contributed by atoms with van der Waals surface area (Å²) >= 11 is 12.1. The first-order chi connectivity index (χ1) is 13.6. The fourth-order valence-corrected chi connectivity index (χ4v) is 3.24. The Kier molecular flexibility index (Phi) is 5.14. The van der Waals surface area contributed by atoms with Crippen molar-refractivity contribution in [2.45, 2.75) is 6.54 Å². The maximum Gasteiger partial charge on any atom is 0.270 e. The van der Waals surface area contributed by atoms with Crippen molar-refractivity contribution in [1.29, 1.82) is 0 Å². The van der Waals surface area contributed by atoms with Gasteiger partial charge in [0.05, 0.1) is 30.2 Å². The van der Waals surface area contributed by atoms with Gasteiger partial charge in [-0.25, -0.2) is 4.98 Å². The van der Waals surface area contributed by atoms with Gasteiger partial charge in [-0.05, 0) is 42.5 Å². The highest BCUT2D eigenvalue weighted by Gasteiger charge is 2.12. The standard InChI is InChI=1S/C20H14Cl2N4O2/c21-13-6-14(22)8-15(7-13)25-18-11-23-9-12-3-4-17(26-19(12)18)20(27)24-10-16-2-1-5-28-16/h1-9,11,25H,10H2,(H,24,27). The Bertz CT molecular complexity index is 1130. The van der Waals surface area contributed by atoms with Crippen LogP contribution >= 0.6 is 23.2 Å². The van der Waals surface area contributed by atoms with Crippen molar-refractivity contribution < 1.29 is 9.21 Å². The van der Waals surface area contributed by atoms with Gasteiger partial charge in [0.2, 0.25) is 0 Å². The highest BCUT2D eigenvalue weighted by atomic mass is 35.5. The lowest BCUT2D eigenvalue weighted by Gasteiger charge is -2.11. The molecule has 3 heterocycles. The van der Waals surface area contributed by atoms with E-state index in [1.807, 2.05) is 0 Å². The number of hydrogen-bond acceptors (Lipinski definition) is 5. The average molecular weight is 413 g/mol. The number of halogens is 2. The number of anilines is 2. The van der Waals surface area contributed by atoms with Crippen molar-refractivity contribution >= 4 is 51.4 Å². The molecule has 0 aliphatic rings. The molecule has 2 N–H and O–H groups in total. The Morgan fingerprint density at radius 3 is 2.64 bits per heavy atom. The van der Waals surface area contributed by atoms with Crippen molar-refractivity contribution in [3.8, 4) is 0 Å². The normalized spacial score (nSPS) is 10.8. The zero-order valence-corrected chi connectivity index (χ0v) is 16.0. The summed E-state index contributed by atoms with van der Waals surface area (Å²) in [5, 5.41) is 7.80. The van der Waals surface area contributed by atoms with Gasteiger partial charge in [-0.3, -0.25) is 9.78 Å². The van der Waals surface area contributed by atoms with E-state index in [2.05, 4.69) is 20.6 Å². The number of nitrogens with zero attached hydrogens (tertiary/aromatic N) is 2. The van der Waals surface area contributed by atoms with Crippen LogP contribution in [-0.4, -0.2) is 15.9 Å². The van der Waals surface area contributed by atoms with Gasteiger partial charge in [0.1, 0.15) is 11.5 Å². The number of furan rings is 1. The van der Waals surface area contributed by atoms with Crippen LogP contribution in [0.15, 0.2) is 65.5 Å². The third-order valence-corrected chi connectivity index (χ3v) is 4.41. The minimum Gasteiger partial charge on any atom is -0.467 e. The van der Waals surface area contributed by atoms with E-state index in [0.29, 0.717) is 32.7 Å². The van der Waals surface area contributed by atoms with Crippen LogP contribution in [0.25, 0.3) is 10.9 Å². The molecule has 0 aliphatic heterocycles. The molecule has 0 aliphatic carbocycles. The Labute approximate surface area is 170 Å². The third-order valence-electron chi connectivity index (χ3n) is 3.98. The number of nitrogens with one attached hydrogen (secondary N) is 2. The SMILES string of the molecule is O=C(NCc1ccco1)c1ccc2cncc(Nc3cc(Cl)cc(Cl)c3)c2n1. The van der Waals surface area contributed by atoms with Gasteiger partial charge < -0.3 is 15.1 Å². The van der Waals surface area contributed by atoms with Crippen LogP contribution in [-0.2, 0) is 6.54 Å². The lowest BCUT2D eigenvalue weighted by atomic mass is 10.2. The quantitative estimate of drug-likeness (QED) is 0.470. The summed E-state index contributed by atoms with van der Waals surface area (Å²) in [5.41, 5.74) is 2.23. The van der Waals surface area contributed by atoms with E-state index in [0.717, 1.165) is 5.39 Å².